The van der Waals surface area contributed by atoms with Gasteiger partial charge in [0.05, 0.1) is 12.1 Å². The molecular weight excluding hydrogens is 360 g/mol. The monoisotopic (exact) mass is 382 g/mol. The van der Waals surface area contributed by atoms with Crippen molar-refractivity contribution in [1.82, 2.24) is 0 Å². The Morgan fingerprint density at radius 2 is 2.05 bits per heavy atom. The summed E-state index contributed by atoms with van der Waals surface area (Å²) in [5.41, 5.74) is 8.49. The van der Waals surface area contributed by atoms with Gasteiger partial charge in [0.25, 0.3) is 0 Å². The van der Waals surface area contributed by atoms with Gasteiger partial charge in [0.15, 0.2) is 5.17 Å². The van der Waals surface area contributed by atoms with Crippen LogP contribution < -0.4 is 5.73 Å². The molecule has 2 N–H and O–H groups in total. The molecule has 3 nitrogen and oxygen atoms in total. The van der Waals surface area contributed by atoms with Crippen molar-refractivity contribution in [3.8, 4) is 0 Å². The highest BCUT2D eigenvalue weighted by Crippen LogP contribution is 2.42. The topological polar surface area (TPSA) is 47.6 Å². The Kier molecular flexibility index (Phi) is 5.47. The molecule has 0 radical (unpaired) electrons. The zero-order valence-corrected chi connectivity index (χ0v) is 15.2. The van der Waals surface area contributed by atoms with Gasteiger partial charge in [-0.3, -0.25) is 4.99 Å². The van der Waals surface area contributed by atoms with E-state index in [1.165, 1.54) is 30.4 Å². The number of benzene rings is 1. The minimum atomic E-state index is -0.165. The van der Waals surface area contributed by atoms with Gasteiger partial charge in [-0.05, 0) is 42.5 Å². The predicted molar refractivity (Wildman–Crippen MR) is 97.3 cm³/mol. The summed E-state index contributed by atoms with van der Waals surface area (Å²) in [6.45, 7) is 1.52. The van der Waals surface area contributed by atoms with Crippen molar-refractivity contribution in [2.24, 2.45) is 10.7 Å². The molecule has 1 atom stereocenters. The van der Waals surface area contributed by atoms with Gasteiger partial charge in [0.2, 0.25) is 0 Å². The molecule has 0 saturated carbocycles. The van der Waals surface area contributed by atoms with E-state index in [1.807, 2.05) is 0 Å². The number of rotatable bonds is 0. The number of hydrogen-bond donors (Lipinski definition) is 1. The van der Waals surface area contributed by atoms with Crippen molar-refractivity contribution in [3.05, 3.63) is 33.8 Å². The van der Waals surface area contributed by atoms with Crippen LogP contribution in [0.15, 0.2) is 27.7 Å². The molecule has 22 heavy (non-hydrogen) atoms. The summed E-state index contributed by atoms with van der Waals surface area (Å²) in [6.07, 6.45) is 6.98. The number of amidine groups is 1. The largest absolute Gasteiger partial charge is 0.379 e. The first-order valence-electron chi connectivity index (χ1n) is 8.04. The summed E-state index contributed by atoms with van der Waals surface area (Å²) in [7, 11) is 0. The molecular formula is C17H23BrN2OS. The van der Waals surface area contributed by atoms with Gasteiger partial charge < -0.3 is 10.5 Å². The molecule has 3 rings (SSSR count). The second-order valence-electron chi connectivity index (χ2n) is 6.10. The molecule has 0 amide bonds. The normalized spacial score (nSPS) is 26.9. The molecule has 1 unspecified atom stereocenters. The Bertz CT molecular complexity index is 564. The third kappa shape index (κ3) is 3.69. The lowest BCUT2D eigenvalue weighted by Gasteiger charge is -2.35. The number of fused-ring (bicyclic) bond motifs is 2. The average molecular weight is 383 g/mol. The number of aliphatic imine (C=N–C) groups is 1. The lowest BCUT2D eigenvalue weighted by atomic mass is 9.80. The van der Waals surface area contributed by atoms with E-state index in [-0.39, 0.29) is 5.54 Å². The highest BCUT2D eigenvalue weighted by Gasteiger charge is 2.36. The van der Waals surface area contributed by atoms with Gasteiger partial charge >= 0.3 is 0 Å². The Hall–Kier alpha value is -0.520. The van der Waals surface area contributed by atoms with Crippen LogP contribution in [0.25, 0.3) is 0 Å². The van der Waals surface area contributed by atoms with Crippen LogP contribution in [0.5, 0.6) is 0 Å². The number of hydrogen-bond acceptors (Lipinski definition) is 4. The number of ether oxygens (including phenoxy) is 1. The van der Waals surface area contributed by atoms with E-state index in [2.05, 4.69) is 34.1 Å². The molecule has 0 aromatic heterocycles. The van der Waals surface area contributed by atoms with Gasteiger partial charge in [-0.1, -0.05) is 53.0 Å². The van der Waals surface area contributed by atoms with E-state index < -0.39 is 0 Å². The Morgan fingerprint density at radius 1 is 1.18 bits per heavy atom. The lowest BCUT2D eigenvalue weighted by Crippen LogP contribution is -2.33. The first-order chi connectivity index (χ1) is 10.7. The lowest BCUT2D eigenvalue weighted by molar-refractivity contribution is 0.116. The van der Waals surface area contributed by atoms with E-state index in [0.717, 1.165) is 41.3 Å². The summed E-state index contributed by atoms with van der Waals surface area (Å²) < 4.78 is 7.00. The summed E-state index contributed by atoms with van der Waals surface area (Å²) in [5, 5.41) is 0.730. The van der Waals surface area contributed by atoms with Gasteiger partial charge in [0, 0.05) is 16.8 Å². The van der Waals surface area contributed by atoms with Crippen molar-refractivity contribution >= 4 is 32.9 Å². The average Bonchev–Trinajstić information content (AvgIpc) is 2.53. The fourth-order valence-electron chi connectivity index (χ4n) is 3.40. The second-order valence-corrected chi connectivity index (χ2v) is 8.13. The maximum Gasteiger partial charge on any atom is 0.154 e. The minimum Gasteiger partial charge on any atom is -0.379 e. The molecule has 1 aromatic rings. The molecule has 5 heteroatoms. The van der Waals surface area contributed by atoms with E-state index >= 15 is 0 Å². The Morgan fingerprint density at radius 3 is 2.91 bits per heavy atom. The minimum absolute atomic E-state index is 0.165. The van der Waals surface area contributed by atoms with Crippen molar-refractivity contribution < 1.29 is 4.74 Å². The highest BCUT2D eigenvalue weighted by atomic mass is 79.9. The number of halogens is 1. The first-order valence-corrected chi connectivity index (χ1v) is 9.82. The summed E-state index contributed by atoms with van der Waals surface area (Å²) >= 11 is 5.30. The number of nitrogens with two attached hydrogens (primary N) is 1. The molecule has 2 aliphatic heterocycles. The van der Waals surface area contributed by atoms with Gasteiger partial charge in [-0.2, -0.15) is 0 Å². The zero-order chi connectivity index (χ0) is 15.4. The third-order valence-corrected chi connectivity index (χ3v) is 5.84. The maximum atomic E-state index is 6.10. The number of nitrogens with zero attached hydrogens (tertiary/aromatic N) is 1. The fraction of sp³-hybridized carbons (Fsp3) is 0.588. The summed E-state index contributed by atoms with van der Waals surface area (Å²) in [5.74, 6) is 1.04. The van der Waals surface area contributed by atoms with E-state index in [9.17, 15) is 0 Å². The molecule has 2 heterocycles. The molecule has 0 bridgehead atoms. The molecule has 120 valence electrons. The van der Waals surface area contributed by atoms with E-state index in [0.29, 0.717) is 6.61 Å². The second kappa shape index (κ2) is 7.37. The molecule has 1 spiro atoms. The molecule has 0 saturated heterocycles. The SMILES string of the molecule is NC1=NC2(CCCCCCOCc3ccc(Br)cc32)CCS1. The molecule has 0 fully saturated rings. The van der Waals surface area contributed by atoms with Crippen molar-refractivity contribution in [2.75, 3.05) is 12.4 Å². The smallest absolute Gasteiger partial charge is 0.154 e. The van der Waals surface area contributed by atoms with Crippen LogP contribution in [0.2, 0.25) is 0 Å². The van der Waals surface area contributed by atoms with Gasteiger partial charge in [-0.15, -0.1) is 0 Å². The van der Waals surface area contributed by atoms with E-state index in [1.54, 1.807) is 11.8 Å². The standard InChI is InChI=1S/C17H23BrN2OS/c18-14-6-5-13-12-21-9-4-2-1-3-7-17(15(13)11-14)8-10-22-16(19)20-17/h5-6,11H,1-4,7-10,12H2,(H2,19,20). The van der Waals surface area contributed by atoms with Crippen molar-refractivity contribution in [2.45, 2.75) is 50.7 Å². The zero-order valence-electron chi connectivity index (χ0n) is 12.8. The fourth-order valence-corrected chi connectivity index (χ4v) is 4.65. The Labute approximate surface area is 145 Å². The maximum absolute atomic E-state index is 6.10. The third-order valence-electron chi connectivity index (χ3n) is 4.55. The van der Waals surface area contributed by atoms with Crippen LogP contribution in [0.1, 0.15) is 49.7 Å². The molecule has 2 aliphatic rings. The quantitative estimate of drug-likeness (QED) is 0.714. The number of thioether (sulfide) groups is 1. The van der Waals surface area contributed by atoms with Crippen molar-refractivity contribution in [3.63, 3.8) is 0 Å². The van der Waals surface area contributed by atoms with Crippen molar-refractivity contribution in [1.29, 1.82) is 0 Å². The molecule has 1 aromatic carbocycles. The van der Waals surface area contributed by atoms with Crippen LogP contribution >= 0.6 is 27.7 Å². The predicted octanol–water partition coefficient (Wildman–Crippen LogP) is 4.58. The van der Waals surface area contributed by atoms with Crippen LogP contribution in [0.4, 0.5) is 0 Å². The van der Waals surface area contributed by atoms with Crippen LogP contribution in [-0.4, -0.2) is 17.5 Å². The van der Waals surface area contributed by atoms with Crippen LogP contribution in [-0.2, 0) is 16.9 Å². The van der Waals surface area contributed by atoms with E-state index in [4.69, 9.17) is 15.5 Å². The summed E-state index contributed by atoms with van der Waals surface area (Å²) in [6, 6.07) is 6.50. The van der Waals surface area contributed by atoms with Gasteiger partial charge in [0.1, 0.15) is 0 Å². The molecule has 0 aliphatic carbocycles. The Balaban J connectivity index is 2.05. The highest BCUT2D eigenvalue weighted by molar-refractivity contribution is 9.10. The van der Waals surface area contributed by atoms with Crippen LogP contribution in [0, 0.1) is 0 Å². The summed E-state index contributed by atoms with van der Waals surface area (Å²) in [4.78, 5) is 4.94. The first kappa shape index (κ1) is 16.3. The van der Waals surface area contributed by atoms with Crippen LogP contribution in [0.3, 0.4) is 0 Å². The van der Waals surface area contributed by atoms with Gasteiger partial charge in [-0.25, -0.2) is 0 Å².